The summed E-state index contributed by atoms with van der Waals surface area (Å²) in [6.45, 7) is 4.01. The number of hydrogen-bond acceptors (Lipinski definition) is 4. The van der Waals surface area contributed by atoms with Crippen LogP contribution < -0.4 is 11.3 Å². The first-order valence-electron chi connectivity index (χ1n) is 5.85. The zero-order valence-electron chi connectivity index (χ0n) is 10.7. The van der Waals surface area contributed by atoms with Crippen LogP contribution in [0, 0.1) is 13.8 Å². The lowest BCUT2D eigenvalue weighted by molar-refractivity contribution is 0.557. The number of nitrogens with one attached hydrogen (secondary N) is 1. The Morgan fingerprint density at radius 1 is 1.47 bits per heavy atom. The second kappa shape index (κ2) is 6.33. The van der Waals surface area contributed by atoms with Crippen molar-refractivity contribution in [2.24, 2.45) is 5.84 Å². The molecular weight excluding hydrogens is 346 g/mol. The lowest BCUT2D eigenvalue weighted by Crippen LogP contribution is -2.29. The van der Waals surface area contributed by atoms with Crippen LogP contribution in [-0.2, 0) is 6.42 Å². The van der Waals surface area contributed by atoms with Gasteiger partial charge in [0.15, 0.2) is 0 Å². The molecule has 0 spiro atoms. The van der Waals surface area contributed by atoms with Crippen LogP contribution in [0.1, 0.15) is 27.2 Å². The summed E-state index contributed by atoms with van der Waals surface area (Å²) < 4.78 is 0.975. The average Bonchev–Trinajstić information content (AvgIpc) is 2.68. The minimum absolute atomic E-state index is 0.0323. The molecule has 3 N–H and O–H groups in total. The predicted molar refractivity (Wildman–Crippen MR) is 84.5 cm³/mol. The van der Waals surface area contributed by atoms with Crippen LogP contribution in [0.3, 0.4) is 0 Å². The maximum Gasteiger partial charge on any atom is 0.0900 e. The number of halogens is 2. The summed E-state index contributed by atoms with van der Waals surface area (Å²) >= 11 is 11.3. The molecule has 0 saturated heterocycles. The van der Waals surface area contributed by atoms with E-state index < -0.39 is 0 Å². The van der Waals surface area contributed by atoms with Gasteiger partial charge in [0.1, 0.15) is 0 Å². The number of nitrogens with two attached hydrogens (primary N) is 1. The molecule has 0 aliphatic carbocycles. The third-order valence-corrected chi connectivity index (χ3v) is 4.93. The number of nitrogens with zero attached hydrogens (tertiary/aromatic N) is 1. The average molecular weight is 361 g/mol. The predicted octanol–water partition coefficient (Wildman–Crippen LogP) is 3.92. The van der Waals surface area contributed by atoms with Gasteiger partial charge in [-0.1, -0.05) is 33.6 Å². The molecule has 1 atom stereocenters. The topological polar surface area (TPSA) is 50.9 Å². The Labute approximate surface area is 130 Å². The molecule has 0 amide bonds. The van der Waals surface area contributed by atoms with Gasteiger partial charge in [0, 0.05) is 14.4 Å². The highest BCUT2D eigenvalue weighted by Gasteiger charge is 2.18. The smallest absolute Gasteiger partial charge is 0.0900 e. The monoisotopic (exact) mass is 359 g/mol. The summed E-state index contributed by atoms with van der Waals surface area (Å²) in [5, 5.41) is 1.79. The van der Waals surface area contributed by atoms with Crippen LogP contribution in [0.4, 0.5) is 0 Å². The number of hydrazine groups is 1. The molecule has 0 fully saturated rings. The number of thiazole rings is 1. The zero-order valence-corrected chi connectivity index (χ0v) is 13.9. The Hall–Kier alpha value is -0.460. The van der Waals surface area contributed by atoms with Gasteiger partial charge in [-0.25, -0.2) is 4.98 Å². The number of rotatable bonds is 4. The molecule has 1 aromatic heterocycles. The van der Waals surface area contributed by atoms with Gasteiger partial charge in [-0.15, -0.1) is 11.3 Å². The molecule has 0 bridgehead atoms. The minimum Gasteiger partial charge on any atom is -0.271 e. The van der Waals surface area contributed by atoms with E-state index in [0.717, 1.165) is 32.2 Å². The van der Waals surface area contributed by atoms with E-state index in [1.54, 1.807) is 11.3 Å². The van der Waals surface area contributed by atoms with Crippen LogP contribution in [0.25, 0.3) is 0 Å². The van der Waals surface area contributed by atoms with Gasteiger partial charge >= 0.3 is 0 Å². The third-order valence-electron chi connectivity index (χ3n) is 2.90. The summed E-state index contributed by atoms with van der Waals surface area (Å²) in [5.41, 5.74) is 4.96. The number of aromatic nitrogens is 1. The summed E-state index contributed by atoms with van der Waals surface area (Å²) in [7, 11) is 0. The van der Waals surface area contributed by atoms with E-state index in [1.807, 2.05) is 32.0 Å². The first kappa shape index (κ1) is 14.9. The molecule has 3 nitrogen and oxygen atoms in total. The fourth-order valence-corrected chi connectivity index (χ4v) is 3.74. The van der Waals surface area contributed by atoms with E-state index in [9.17, 15) is 0 Å². The third kappa shape index (κ3) is 3.55. The van der Waals surface area contributed by atoms with Crippen molar-refractivity contribution in [2.75, 3.05) is 0 Å². The first-order chi connectivity index (χ1) is 9.01. The normalized spacial score (nSPS) is 12.7. The minimum atomic E-state index is 0.0323. The maximum atomic E-state index is 6.25. The second-order valence-electron chi connectivity index (χ2n) is 4.34. The summed E-state index contributed by atoms with van der Waals surface area (Å²) in [4.78, 5) is 5.61. The molecule has 0 radical (unpaired) electrons. The molecule has 2 aromatic rings. The summed E-state index contributed by atoms with van der Waals surface area (Å²) in [6, 6.07) is 5.93. The Morgan fingerprint density at radius 2 is 2.21 bits per heavy atom. The van der Waals surface area contributed by atoms with Crippen molar-refractivity contribution in [3.8, 4) is 0 Å². The Balaban J connectivity index is 2.26. The Bertz CT molecular complexity index is 585. The molecule has 19 heavy (non-hydrogen) atoms. The second-order valence-corrected chi connectivity index (χ2v) is 6.90. The van der Waals surface area contributed by atoms with Crippen molar-refractivity contribution in [2.45, 2.75) is 26.3 Å². The molecule has 6 heteroatoms. The standard InChI is InChI=1S/C13H15BrClN3S/c1-7-13(19-8(2)17-7)12(18-16)5-9-3-4-10(14)6-11(9)15/h3-4,6,12,18H,5,16H2,1-2H3. The first-order valence-corrected chi connectivity index (χ1v) is 7.84. The molecule has 0 aliphatic rings. The zero-order chi connectivity index (χ0) is 14.0. The molecule has 102 valence electrons. The molecule has 1 unspecified atom stereocenters. The van der Waals surface area contributed by atoms with Crippen molar-refractivity contribution in [3.05, 3.63) is 48.8 Å². The van der Waals surface area contributed by atoms with E-state index in [0.29, 0.717) is 0 Å². The van der Waals surface area contributed by atoms with Gasteiger partial charge in [-0.05, 0) is 38.0 Å². The Kier molecular flexibility index (Phi) is 4.97. The number of benzene rings is 1. The van der Waals surface area contributed by atoms with E-state index in [2.05, 4.69) is 26.3 Å². The van der Waals surface area contributed by atoms with Gasteiger partial charge in [-0.3, -0.25) is 11.3 Å². The quantitative estimate of drug-likeness (QED) is 0.642. The van der Waals surface area contributed by atoms with Crippen LogP contribution in [-0.4, -0.2) is 4.98 Å². The van der Waals surface area contributed by atoms with Crippen molar-refractivity contribution in [1.29, 1.82) is 0 Å². The van der Waals surface area contributed by atoms with Crippen LogP contribution >= 0.6 is 38.9 Å². The molecule has 0 aliphatic heterocycles. The lowest BCUT2D eigenvalue weighted by atomic mass is 10.0. The summed E-state index contributed by atoms with van der Waals surface area (Å²) in [6.07, 6.45) is 0.741. The molecule has 2 rings (SSSR count). The number of aryl methyl sites for hydroxylation is 2. The van der Waals surface area contributed by atoms with Crippen LogP contribution in [0.2, 0.25) is 5.02 Å². The maximum absolute atomic E-state index is 6.25. The number of hydrogen-bond donors (Lipinski definition) is 2. The van der Waals surface area contributed by atoms with E-state index in [4.69, 9.17) is 17.4 Å². The summed E-state index contributed by atoms with van der Waals surface area (Å²) in [5.74, 6) is 5.69. The van der Waals surface area contributed by atoms with Crippen molar-refractivity contribution in [3.63, 3.8) is 0 Å². The molecule has 0 saturated carbocycles. The van der Waals surface area contributed by atoms with Gasteiger partial charge in [0.2, 0.25) is 0 Å². The highest BCUT2D eigenvalue weighted by Crippen LogP contribution is 2.30. The fraction of sp³-hybridized carbons (Fsp3) is 0.308. The SMILES string of the molecule is Cc1nc(C)c(C(Cc2ccc(Br)cc2Cl)NN)s1. The molecule has 1 heterocycles. The van der Waals surface area contributed by atoms with Gasteiger partial charge in [0.05, 0.1) is 16.7 Å². The molecular formula is C13H15BrClN3S. The van der Waals surface area contributed by atoms with E-state index in [1.165, 1.54) is 4.88 Å². The highest BCUT2D eigenvalue weighted by molar-refractivity contribution is 9.10. The molecule has 1 aromatic carbocycles. The van der Waals surface area contributed by atoms with Crippen molar-refractivity contribution < 1.29 is 0 Å². The lowest BCUT2D eigenvalue weighted by Gasteiger charge is -2.16. The van der Waals surface area contributed by atoms with Crippen LogP contribution in [0.5, 0.6) is 0 Å². The largest absolute Gasteiger partial charge is 0.271 e. The van der Waals surface area contributed by atoms with Crippen molar-refractivity contribution >= 4 is 38.9 Å². The van der Waals surface area contributed by atoms with E-state index >= 15 is 0 Å². The highest BCUT2D eigenvalue weighted by atomic mass is 79.9. The van der Waals surface area contributed by atoms with Gasteiger partial charge in [-0.2, -0.15) is 0 Å². The Morgan fingerprint density at radius 3 is 2.74 bits per heavy atom. The van der Waals surface area contributed by atoms with Gasteiger partial charge in [0.25, 0.3) is 0 Å². The van der Waals surface area contributed by atoms with Gasteiger partial charge < -0.3 is 0 Å². The van der Waals surface area contributed by atoms with Crippen molar-refractivity contribution in [1.82, 2.24) is 10.4 Å². The van der Waals surface area contributed by atoms with Crippen LogP contribution in [0.15, 0.2) is 22.7 Å². The fourth-order valence-electron chi connectivity index (χ4n) is 2.00. The van der Waals surface area contributed by atoms with E-state index in [-0.39, 0.29) is 6.04 Å².